The van der Waals surface area contributed by atoms with Gasteiger partial charge in [-0.1, -0.05) is 30.3 Å². The fraction of sp³-hybridized carbons (Fsp3) is 0.647. The largest absolute Gasteiger partial charge is 0.385 e. The molecule has 0 radical (unpaired) electrons. The maximum atomic E-state index is 5.07. The second-order valence-corrected chi connectivity index (χ2v) is 5.69. The van der Waals surface area contributed by atoms with Crippen molar-refractivity contribution >= 4 is 0 Å². The second kappa shape index (κ2) is 9.11. The van der Waals surface area contributed by atoms with Crippen molar-refractivity contribution in [1.29, 1.82) is 0 Å². The van der Waals surface area contributed by atoms with Crippen LogP contribution in [0.5, 0.6) is 0 Å². The summed E-state index contributed by atoms with van der Waals surface area (Å²) in [6, 6.07) is 11.5. The number of ether oxygens (including phenoxy) is 1. The van der Waals surface area contributed by atoms with Crippen LogP contribution < -0.4 is 5.32 Å². The number of likely N-dealkylation sites (tertiary alicyclic amines) is 1. The number of nitrogens with one attached hydrogen (secondary N) is 1. The van der Waals surface area contributed by atoms with Crippen LogP contribution in [0, 0.1) is 0 Å². The SMILES string of the molecule is COCCCCNC1CCN(Cc2ccccc2)CC1. The minimum atomic E-state index is 0.713. The van der Waals surface area contributed by atoms with Crippen LogP contribution in [0.1, 0.15) is 31.2 Å². The first-order valence-corrected chi connectivity index (χ1v) is 7.87. The summed E-state index contributed by atoms with van der Waals surface area (Å²) in [5.74, 6) is 0. The van der Waals surface area contributed by atoms with Crippen LogP contribution in [0.15, 0.2) is 30.3 Å². The lowest BCUT2D eigenvalue weighted by Crippen LogP contribution is -2.42. The molecule has 0 bridgehead atoms. The van der Waals surface area contributed by atoms with E-state index in [9.17, 15) is 0 Å². The highest BCUT2D eigenvalue weighted by atomic mass is 16.5. The van der Waals surface area contributed by atoms with E-state index in [2.05, 4.69) is 40.5 Å². The first kappa shape index (κ1) is 15.5. The zero-order valence-electron chi connectivity index (χ0n) is 12.7. The van der Waals surface area contributed by atoms with Crippen LogP contribution in [0.3, 0.4) is 0 Å². The molecule has 0 saturated carbocycles. The van der Waals surface area contributed by atoms with Gasteiger partial charge in [0.15, 0.2) is 0 Å². The third-order valence-corrected chi connectivity index (χ3v) is 4.04. The molecule has 112 valence electrons. The Morgan fingerprint density at radius 3 is 2.60 bits per heavy atom. The molecular formula is C17H28N2O. The molecule has 1 aromatic rings. The lowest BCUT2D eigenvalue weighted by Gasteiger charge is -2.32. The Morgan fingerprint density at radius 1 is 1.15 bits per heavy atom. The third kappa shape index (κ3) is 5.61. The van der Waals surface area contributed by atoms with Crippen LogP contribution in [0.4, 0.5) is 0 Å². The summed E-state index contributed by atoms with van der Waals surface area (Å²) in [5, 5.41) is 3.68. The first-order chi connectivity index (χ1) is 9.88. The molecule has 1 aromatic carbocycles. The van der Waals surface area contributed by atoms with E-state index in [1.165, 1.54) is 37.9 Å². The van der Waals surface area contributed by atoms with E-state index in [-0.39, 0.29) is 0 Å². The van der Waals surface area contributed by atoms with E-state index >= 15 is 0 Å². The molecule has 1 N–H and O–H groups in total. The predicted molar refractivity (Wildman–Crippen MR) is 83.9 cm³/mol. The monoisotopic (exact) mass is 276 g/mol. The highest BCUT2D eigenvalue weighted by molar-refractivity contribution is 5.14. The lowest BCUT2D eigenvalue weighted by atomic mass is 10.0. The molecule has 1 fully saturated rings. The fourth-order valence-corrected chi connectivity index (χ4v) is 2.81. The number of nitrogens with zero attached hydrogens (tertiary/aromatic N) is 1. The van der Waals surface area contributed by atoms with E-state index < -0.39 is 0 Å². The molecule has 2 rings (SSSR count). The number of hydrogen-bond acceptors (Lipinski definition) is 3. The Balaban J connectivity index is 1.58. The Kier molecular flexibility index (Phi) is 7.06. The average molecular weight is 276 g/mol. The minimum absolute atomic E-state index is 0.713. The van der Waals surface area contributed by atoms with E-state index in [4.69, 9.17) is 4.74 Å². The van der Waals surface area contributed by atoms with Gasteiger partial charge < -0.3 is 10.1 Å². The van der Waals surface area contributed by atoms with E-state index in [1.807, 2.05) is 0 Å². The molecule has 0 amide bonds. The van der Waals surface area contributed by atoms with E-state index in [0.29, 0.717) is 6.04 Å². The number of rotatable bonds is 8. The van der Waals surface area contributed by atoms with Gasteiger partial charge in [0.1, 0.15) is 0 Å². The van der Waals surface area contributed by atoms with Crippen molar-refractivity contribution < 1.29 is 4.74 Å². The summed E-state index contributed by atoms with van der Waals surface area (Å²) in [7, 11) is 1.77. The lowest BCUT2D eigenvalue weighted by molar-refractivity contribution is 0.183. The molecule has 20 heavy (non-hydrogen) atoms. The van der Waals surface area contributed by atoms with Crippen LogP contribution in [-0.4, -0.2) is 44.3 Å². The second-order valence-electron chi connectivity index (χ2n) is 5.69. The van der Waals surface area contributed by atoms with E-state index in [0.717, 1.165) is 26.1 Å². The molecule has 1 aliphatic heterocycles. The summed E-state index contributed by atoms with van der Waals surface area (Å²) in [6.45, 7) is 5.54. The van der Waals surface area contributed by atoms with Crippen molar-refractivity contribution in [3.05, 3.63) is 35.9 Å². The molecule has 1 saturated heterocycles. The topological polar surface area (TPSA) is 24.5 Å². The summed E-state index contributed by atoms with van der Waals surface area (Å²) in [5.41, 5.74) is 1.43. The maximum absolute atomic E-state index is 5.07. The number of hydrogen-bond donors (Lipinski definition) is 1. The summed E-state index contributed by atoms with van der Waals surface area (Å²) < 4.78 is 5.07. The van der Waals surface area contributed by atoms with Gasteiger partial charge in [-0.2, -0.15) is 0 Å². The normalized spacial score (nSPS) is 17.4. The Morgan fingerprint density at radius 2 is 1.90 bits per heavy atom. The zero-order valence-corrected chi connectivity index (χ0v) is 12.7. The Labute approximate surface area is 123 Å². The molecule has 1 heterocycles. The van der Waals surface area contributed by atoms with E-state index in [1.54, 1.807) is 7.11 Å². The van der Waals surface area contributed by atoms with Crippen molar-refractivity contribution in [3.8, 4) is 0 Å². The molecular weight excluding hydrogens is 248 g/mol. The van der Waals surface area contributed by atoms with Gasteiger partial charge in [-0.05, 0) is 50.9 Å². The Hall–Kier alpha value is -0.900. The molecule has 0 aromatic heterocycles. The molecule has 3 nitrogen and oxygen atoms in total. The zero-order chi connectivity index (χ0) is 14.0. The predicted octanol–water partition coefficient (Wildman–Crippen LogP) is 2.67. The fourth-order valence-electron chi connectivity index (χ4n) is 2.81. The average Bonchev–Trinajstić information content (AvgIpc) is 2.50. The number of piperidine rings is 1. The highest BCUT2D eigenvalue weighted by Gasteiger charge is 2.18. The quantitative estimate of drug-likeness (QED) is 0.739. The van der Waals surface area contributed by atoms with Gasteiger partial charge in [0.05, 0.1) is 0 Å². The van der Waals surface area contributed by atoms with Crippen molar-refractivity contribution in [2.24, 2.45) is 0 Å². The van der Waals surface area contributed by atoms with Crippen molar-refractivity contribution in [2.75, 3.05) is 33.4 Å². The van der Waals surface area contributed by atoms with Gasteiger partial charge in [0.2, 0.25) is 0 Å². The van der Waals surface area contributed by atoms with Crippen LogP contribution >= 0.6 is 0 Å². The smallest absolute Gasteiger partial charge is 0.0462 e. The molecule has 0 unspecified atom stereocenters. The minimum Gasteiger partial charge on any atom is -0.385 e. The van der Waals surface area contributed by atoms with Crippen molar-refractivity contribution in [3.63, 3.8) is 0 Å². The number of benzene rings is 1. The highest BCUT2D eigenvalue weighted by Crippen LogP contribution is 2.13. The maximum Gasteiger partial charge on any atom is 0.0462 e. The van der Waals surface area contributed by atoms with Gasteiger partial charge in [0, 0.05) is 26.3 Å². The van der Waals surface area contributed by atoms with Crippen molar-refractivity contribution in [1.82, 2.24) is 10.2 Å². The molecule has 0 spiro atoms. The number of methoxy groups -OCH3 is 1. The van der Waals surface area contributed by atoms with Crippen molar-refractivity contribution in [2.45, 2.75) is 38.3 Å². The van der Waals surface area contributed by atoms with Gasteiger partial charge >= 0.3 is 0 Å². The van der Waals surface area contributed by atoms with Gasteiger partial charge in [-0.25, -0.2) is 0 Å². The summed E-state index contributed by atoms with van der Waals surface area (Å²) >= 11 is 0. The summed E-state index contributed by atoms with van der Waals surface area (Å²) in [4.78, 5) is 2.57. The third-order valence-electron chi connectivity index (χ3n) is 4.04. The van der Waals surface area contributed by atoms with Gasteiger partial charge in [0.25, 0.3) is 0 Å². The molecule has 1 aliphatic rings. The summed E-state index contributed by atoms with van der Waals surface area (Å²) in [6.07, 6.45) is 4.93. The standard InChI is InChI=1S/C17H28N2O/c1-20-14-6-5-11-18-17-9-12-19(13-10-17)15-16-7-3-2-4-8-16/h2-4,7-8,17-18H,5-6,9-15H2,1H3. The van der Waals surface area contributed by atoms with Crippen LogP contribution in [0.25, 0.3) is 0 Å². The van der Waals surface area contributed by atoms with Crippen LogP contribution in [0.2, 0.25) is 0 Å². The number of unbranched alkanes of at least 4 members (excludes halogenated alkanes) is 1. The molecule has 0 atom stereocenters. The van der Waals surface area contributed by atoms with Gasteiger partial charge in [-0.15, -0.1) is 0 Å². The van der Waals surface area contributed by atoms with Gasteiger partial charge in [-0.3, -0.25) is 4.90 Å². The van der Waals surface area contributed by atoms with Crippen LogP contribution in [-0.2, 0) is 11.3 Å². The Bertz CT molecular complexity index is 347. The molecule has 3 heteroatoms. The first-order valence-electron chi connectivity index (χ1n) is 7.87. The molecule has 0 aliphatic carbocycles.